The molecule has 9 nitrogen and oxygen atoms in total. The number of carboxylic acids is 1. The lowest BCUT2D eigenvalue weighted by atomic mass is 10.2. The van der Waals surface area contributed by atoms with Crippen molar-refractivity contribution in [3.8, 4) is 0 Å². The van der Waals surface area contributed by atoms with Crippen LogP contribution in [0.15, 0.2) is 18.5 Å². The standard InChI is InChI=1S/C13H13N5O4/c19-12(8-5-15-9(6-14-8)13(20)21)16-11-4-7(17-18-11)10-2-1-3-22-10/h4-6,10H,1-3H2,(H,20,21)(H2,16,17,18,19). The second kappa shape index (κ2) is 5.90. The summed E-state index contributed by atoms with van der Waals surface area (Å²) in [5, 5.41) is 18.1. The van der Waals surface area contributed by atoms with Gasteiger partial charge in [0.25, 0.3) is 5.91 Å². The van der Waals surface area contributed by atoms with Crippen LogP contribution in [0.25, 0.3) is 0 Å². The van der Waals surface area contributed by atoms with Crippen molar-refractivity contribution < 1.29 is 19.4 Å². The number of anilines is 1. The summed E-state index contributed by atoms with van der Waals surface area (Å²) in [6.45, 7) is 0.719. The monoisotopic (exact) mass is 303 g/mol. The molecular weight excluding hydrogens is 290 g/mol. The van der Waals surface area contributed by atoms with Crippen LogP contribution in [0.3, 0.4) is 0 Å². The Labute approximate surface area is 124 Å². The highest BCUT2D eigenvalue weighted by Crippen LogP contribution is 2.28. The number of carbonyl (C=O) groups is 2. The van der Waals surface area contributed by atoms with Crippen molar-refractivity contribution in [1.29, 1.82) is 0 Å². The highest BCUT2D eigenvalue weighted by Gasteiger charge is 2.20. The summed E-state index contributed by atoms with van der Waals surface area (Å²) < 4.78 is 5.52. The van der Waals surface area contributed by atoms with E-state index in [4.69, 9.17) is 9.84 Å². The summed E-state index contributed by atoms with van der Waals surface area (Å²) in [5.41, 5.74) is 0.587. The quantitative estimate of drug-likeness (QED) is 0.768. The molecule has 3 N–H and O–H groups in total. The number of carbonyl (C=O) groups excluding carboxylic acids is 1. The number of rotatable bonds is 4. The van der Waals surface area contributed by atoms with Crippen LogP contribution in [0.4, 0.5) is 5.82 Å². The zero-order valence-corrected chi connectivity index (χ0v) is 11.4. The van der Waals surface area contributed by atoms with Crippen molar-refractivity contribution >= 4 is 17.7 Å². The van der Waals surface area contributed by atoms with Crippen molar-refractivity contribution in [2.24, 2.45) is 0 Å². The molecule has 9 heteroatoms. The fourth-order valence-electron chi connectivity index (χ4n) is 2.12. The molecule has 3 heterocycles. The third-order valence-corrected chi connectivity index (χ3v) is 3.22. The molecule has 3 rings (SSSR count). The zero-order chi connectivity index (χ0) is 15.5. The number of nitrogens with zero attached hydrogens (tertiary/aromatic N) is 3. The molecule has 0 spiro atoms. The maximum Gasteiger partial charge on any atom is 0.356 e. The molecular formula is C13H13N5O4. The largest absolute Gasteiger partial charge is 0.476 e. The molecule has 1 unspecified atom stereocenters. The number of amides is 1. The van der Waals surface area contributed by atoms with E-state index >= 15 is 0 Å². The van der Waals surface area contributed by atoms with E-state index in [2.05, 4.69) is 25.5 Å². The van der Waals surface area contributed by atoms with Crippen LogP contribution >= 0.6 is 0 Å². The minimum atomic E-state index is -1.20. The molecule has 1 fully saturated rings. The zero-order valence-electron chi connectivity index (χ0n) is 11.4. The molecule has 0 aromatic carbocycles. The number of ether oxygens (including phenoxy) is 1. The van der Waals surface area contributed by atoms with Gasteiger partial charge in [-0.1, -0.05) is 0 Å². The first-order valence-electron chi connectivity index (χ1n) is 6.67. The van der Waals surface area contributed by atoms with Gasteiger partial charge in [-0.25, -0.2) is 14.8 Å². The van der Waals surface area contributed by atoms with Crippen LogP contribution in [0.5, 0.6) is 0 Å². The van der Waals surface area contributed by atoms with Gasteiger partial charge in [0, 0.05) is 12.7 Å². The smallest absolute Gasteiger partial charge is 0.356 e. The summed E-state index contributed by atoms with van der Waals surface area (Å²) in [7, 11) is 0. The third-order valence-electron chi connectivity index (χ3n) is 3.22. The van der Waals surface area contributed by atoms with Gasteiger partial charge < -0.3 is 15.2 Å². The van der Waals surface area contributed by atoms with E-state index in [1.165, 1.54) is 0 Å². The van der Waals surface area contributed by atoms with Gasteiger partial charge in [-0.05, 0) is 12.8 Å². The number of aromatic amines is 1. The molecule has 22 heavy (non-hydrogen) atoms. The minimum absolute atomic E-state index is 0.00617. The number of carboxylic acid groups (broad SMARTS) is 1. The summed E-state index contributed by atoms with van der Waals surface area (Å²) in [6, 6.07) is 1.70. The summed E-state index contributed by atoms with van der Waals surface area (Å²) in [4.78, 5) is 30.1. The van der Waals surface area contributed by atoms with Gasteiger partial charge in [0.2, 0.25) is 0 Å². The van der Waals surface area contributed by atoms with Crippen molar-refractivity contribution in [1.82, 2.24) is 20.2 Å². The third kappa shape index (κ3) is 2.93. The fourth-order valence-corrected chi connectivity index (χ4v) is 2.12. The molecule has 0 saturated carbocycles. The van der Waals surface area contributed by atoms with E-state index in [1.54, 1.807) is 6.07 Å². The Morgan fingerprint density at radius 3 is 2.73 bits per heavy atom. The predicted octanol–water partition coefficient (Wildman–Crippen LogP) is 1.00. The van der Waals surface area contributed by atoms with Gasteiger partial charge in [0.1, 0.15) is 5.69 Å². The van der Waals surface area contributed by atoms with Crippen LogP contribution in [0, 0.1) is 0 Å². The Kier molecular flexibility index (Phi) is 3.79. The lowest BCUT2D eigenvalue weighted by molar-refractivity contribution is 0.0689. The maximum absolute atomic E-state index is 12.0. The van der Waals surface area contributed by atoms with E-state index < -0.39 is 11.9 Å². The Hall–Kier alpha value is -2.81. The maximum atomic E-state index is 12.0. The fraction of sp³-hybridized carbons (Fsp3) is 0.308. The Morgan fingerprint density at radius 1 is 1.32 bits per heavy atom. The summed E-state index contributed by atoms with van der Waals surface area (Å²) in [5.74, 6) is -1.37. The number of aromatic nitrogens is 4. The number of hydrogen-bond acceptors (Lipinski definition) is 6. The molecule has 114 valence electrons. The van der Waals surface area contributed by atoms with Gasteiger partial charge in [0.05, 0.1) is 24.2 Å². The molecule has 2 aromatic rings. The van der Waals surface area contributed by atoms with Gasteiger partial charge in [-0.15, -0.1) is 0 Å². The average Bonchev–Trinajstić information content (AvgIpc) is 3.18. The van der Waals surface area contributed by atoms with Crippen molar-refractivity contribution in [3.05, 3.63) is 35.5 Å². The predicted molar refractivity (Wildman–Crippen MR) is 73.5 cm³/mol. The Bertz CT molecular complexity index is 691. The van der Waals surface area contributed by atoms with Crippen LogP contribution < -0.4 is 5.32 Å². The topological polar surface area (TPSA) is 130 Å². The molecule has 0 bridgehead atoms. The molecule has 2 aromatic heterocycles. The van der Waals surface area contributed by atoms with E-state index in [0.717, 1.165) is 37.5 Å². The first kappa shape index (κ1) is 14.1. The first-order chi connectivity index (χ1) is 10.6. The lowest BCUT2D eigenvalue weighted by Gasteiger charge is -2.04. The highest BCUT2D eigenvalue weighted by atomic mass is 16.5. The molecule has 1 saturated heterocycles. The first-order valence-corrected chi connectivity index (χ1v) is 6.67. The number of aromatic carboxylic acids is 1. The number of hydrogen-bond donors (Lipinski definition) is 3. The molecule has 0 aliphatic carbocycles. The van der Waals surface area contributed by atoms with Gasteiger partial charge in [-0.3, -0.25) is 9.89 Å². The molecule has 1 aliphatic rings. The van der Waals surface area contributed by atoms with Crippen molar-refractivity contribution in [3.63, 3.8) is 0 Å². The van der Waals surface area contributed by atoms with Crippen molar-refractivity contribution in [2.75, 3.05) is 11.9 Å². The molecule has 0 radical (unpaired) electrons. The van der Waals surface area contributed by atoms with Crippen LogP contribution in [0.2, 0.25) is 0 Å². The lowest BCUT2D eigenvalue weighted by Crippen LogP contribution is -2.15. The van der Waals surface area contributed by atoms with E-state index in [9.17, 15) is 9.59 Å². The normalized spacial score (nSPS) is 17.4. The SMILES string of the molecule is O=C(O)c1cnc(C(=O)Nc2cc(C3CCCO3)[nH]n2)cn1. The molecule has 1 atom stereocenters. The summed E-state index contributed by atoms with van der Waals surface area (Å²) in [6.07, 6.45) is 4.02. The van der Waals surface area contributed by atoms with Crippen LogP contribution in [0.1, 0.15) is 45.6 Å². The van der Waals surface area contributed by atoms with Gasteiger partial charge >= 0.3 is 5.97 Å². The second-order valence-corrected chi connectivity index (χ2v) is 4.76. The van der Waals surface area contributed by atoms with Crippen LogP contribution in [-0.2, 0) is 4.74 Å². The average molecular weight is 303 g/mol. The highest BCUT2D eigenvalue weighted by molar-refractivity contribution is 6.02. The summed E-state index contributed by atoms with van der Waals surface area (Å²) >= 11 is 0. The molecule has 1 amide bonds. The number of nitrogens with one attached hydrogen (secondary N) is 2. The van der Waals surface area contributed by atoms with Crippen molar-refractivity contribution in [2.45, 2.75) is 18.9 Å². The molecule has 1 aliphatic heterocycles. The Balaban J connectivity index is 1.67. The minimum Gasteiger partial charge on any atom is -0.476 e. The van der Waals surface area contributed by atoms with E-state index in [-0.39, 0.29) is 17.5 Å². The van der Waals surface area contributed by atoms with Crippen LogP contribution in [-0.4, -0.2) is 43.8 Å². The van der Waals surface area contributed by atoms with E-state index in [1.807, 2.05) is 0 Å². The van der Waals surface area contributed by atoms with E-state index in [0.29, 0.717) is 5.82 Å². The number of H-pyrrole nitrogens is 1. The van der Waals surface area contributed by atoms with Gasteiger partial charge in [-0.2, -0.15) is 5.10 Å². The Morgan fingerprint density at radius 2 is 2.09 bits per heavy atom. The van der Waals surface area contributed by atoms with Gasteiger partial charge in [0.15, 0.2) is 11.5 Å². The second-order valence-electron chi connectivity index (χ2n) is 4.76.